The number of aliphatic imine (C=N–C) groups is 1. The molecule has 0 saturated heterocycles. The molecule has 1 aromatic carbocycles. The van der Waals surface area contributed by atoms with Crippen LogP contribution in [0, 0.1) is 0 Å². The van der Waals surface area contributed by atoms with Crippen molar-refractivity contribution >= 4 is 29.9 Å². The van der Waals surface area contributed by atoms with Crippen molar-refractivity contribution in [3.05, 3.63) is 47.0 Å². The van der Waals surface area contributed by atoms with Crippen LogP contribution in [0.5, 0.6) is 0 Å². The van der Waals surface area contributed by atoms with Gasteiger partial charge in [0.25, 0.3) is 0 Å². The molecule has 0 aliphatic carbocycles. The maximum atomic E-state index is 12.6. The Morgan fingerprint density at radius 3 is 2.48 bits per heavy atom. The van der Waals surface area contributed by atoms with Crippen molar-refractivity contribution in [3.63, 3.8) is 0 Å². The lowest BCUT2D eigenvalue weighted by Crippen LogP contribution is -2.38. The molecule has 0 radical (unpaired) electrons. The zero-order valence-corrected chi connectivity index (χ0v) is 20.0. The van der Waals surface area contributed by atoms with Gasteiger partial charge in [0, 0.05) is 39.5 Å². The summed E-state index contributed by atoms with van der Waals surface area (Å²) in [6.45, 7) is 2.35. The maximum Gasteiger partial charge on any atom is 0.416 e. The number of fused-ring (bicyclic) bond motifs is 1. The van der Waals surface area contributed by atoms with E-state index < -0.39 is 11.7 Å². The Morgan fingerprint density at radius 2 is 1.77 bits per heavy atom. The van der Waals surface area contributed by atoms with Crippen LogP contribution in [0.15, 0.2) is 29.3 Å². The average Bonchev–Trinajstić information content (AvgIpc) is 2.95. The molecule has 1 aromatic heterocycles. The van der Waals surface area contributed by atoms with Crippen LogP contribution in [0.25, 0.3) is 0 Å². The third-order valence-corrected chi connectivity index (χ3v) is 5.27. The van der Waals surface area contributed by atoms with Crippen molar-refractivity contribution in [2.24, 2.45) is 4.99 Å². The number of guanidine groups is 1. The lowest BCUT2D eigenvalue weighted by Gasteiger charge is -2.12. The van der Waals surface area contributed by atoms with Crippen LogP contribution in [0.3, 0.4) is 0 Å². The van der Waals surface area contributed by atoms with Crippen molar-refractivity contribution in [1.82, 2.24) is 25.4 Å². The number of aryl methyl sites for hydroxylation is 2. The Morgan fingerprint density at radius 1 is 1.03 bits per heavy atom. The summed E-state index contributed by atoms with van der Waals surface area (Å²) in [5.74, 6) is 2.84. The Kier molecular flexibility index (Phi) is 10.0. The summed E-state index contributed by atoms with van der Waals surface area (Å²) in [6, 6.07) is 5.27. The van der Waals surface area contributed by atoms with Crippen LogP contribution >= 0.6 is 24.0 Å². The van der Waals surface area contributed by atoms with Gasteiger partial charge in [-0.05, 0) is 43.4 Å². The predicted molar refractivity (Wildman–Crippen MR) is 126 cm³/mol. The topological polar surface area (TPSA) is 67.1 Å². The number of halogens is 4. The minimum Gasteiger partial charge on any atom is -0.356 e. The van der Waals surface area contributed by atoms with Gasteiger partial charge in [-0.1, -0.05) is 18.6 Å². The first-order valence-electron chi connectivity index (χ1n) is 10.5. The number of alkyl halides is 3. The number of hydrogen-bond donors (Lipinski definition) is 2. The van der Waals surface area contributed by atoms with Gasteiger partial charge >= 0.3 is 6.18 Å². The lowest BCUT2D eigenvalue weighted by molar-refractivity contribution is -0.137. The molecule has 2 N–H and O–H groups in total. The van der Waals surface area contributed by atoms with Gasteiger partial charge in [-0.2, -0.15) is 13.2 Å². The minimum absolute atomic E-state index is 0. The van der Waals surface area contributed by atoms with Gasteiger partial charge in [-0.15, -0.1) is 34.2 Å². The fourth-order valence-electron chi connectivity index (χ4n) is 3.59. The van der Waals surface area contributed by atoms with Crippen molar-refractivity contribution in [1.29, 1.82) is 0 Å². The quantitative estimate of drug-likeness (QED) is 0.237. The zero-order chi connectivity index (χ0) is 21.4. The van der Waals surface area contributed by atoms with E-state index >= 15 is 0 Å². The Bertz CT molecular complexity index is 833. The first-order chi connectivity index (χ1) is 14.5. The van der Waals surface area contributed by atoms with E-state index in [1.54, 1.807) is 7.05 Å². The fraction of sp³-hybridized carbons (Fsp3) is 0.571. The molecule has 10 heteroatoms. The number of aromatic nitrogens is 3. The minimum atomic E-state index is -4.30. The van der Waals surface area contributed by atoms with Gasteiger partial charge in [0.2, 0.25) is 0 Å². The zero-order valence-electron chi connectivity index (χ0n) is 17.7. The standard InChI is InChI=1S/C21H29F3N6.HI/c1-25-20(27-14-12-16-8-10-17(11-9-16)21(22,23)24)26-13-5-7-19-29-28-18-6-3-2-4-15-30(18)19;/h8-11H,2-7,12-15H2,1H3,(H2,25,26,27);1H. The molecule has 172 valence electrons. The van der Waals surface area contributed by atoms with Crippen molar-refractivity contribution in [2.45, 2.75) is 57.7 Å². The molecule has 1 aliphatic heterocycles. The second kappa shape index (κ2) is 12.3. The van der Waals surface area contributed by atoms with Crippen molar-refractivity contribution in [3.8, 4) is 0 Å². The van der Waals surface area contributed by atoms with Gasteiger partial charge in [-0.25, -0.2) is 0 Å². The molecule has 3 rings (SSSR count). The Labute approximate surface area is 198 Å². The molecule has 2 aromatic rings. The van der Waals surface area contributed by atoms with E-state index in [0.717, 1.165) is 61.7 Å². The SMILES string of the molecule is CN=C(NCCCc1nnc2n1CCCCC2)NCCc1ccc(C(F)(F)F)cc1.I. The third kappa shape index (κ3) is 7.65. The number of hydrogen-bond acceptors (Lipinski definition) is 3. The van der Waals surface area contributed by atoms with Crippen LogP contribution in [-0.4, -0.2) is 40.9 Å². The molecule has 0 saturated carbocycles. The van der Waals surface area contributed by atoms with E-state index in [-0.39, 0.29) is 24.0 Å². The molecule has 0 amide bonds. The average molecular weight is 550 g/mol. The monoisotopic (exact) mass is 550 g/mol. The number of rotatable bonds is 7. The van der Waals surface area contributed by atoms with Gasteiger partial charge in [0.15, 0.2) is 5.96 Å². The fourth-order valence-corrected chi connectivity index (χ4v) is 3.59. The molecule has 0 unspecified atom stereocenters. The number of benzene rings is 1. The highest BCUT2D eigenvalue weighted by molar-refractivity contribution is 14.0. The van der Waals surface area contributed by atoms with Crippen molar-refractivity contribution in [2.75, 3.05) is 20.1 Å². The Balaban J connectivity index is 0.00000341. The third-order valence-electron chi connectivity index (χ3n) is 5.27. The predicted octanol–water partition coefficient (Wildman–Crippen LogP) is 3.98. The first kappa shape index (κ1) is 25.4. The van der Waals surface area contributed by atoms with Gasteiger partial charge < -0.3 is 15.2 Å². The molecule has 1 aliphatic rings. The smallest absolute Gasteiger partial charge is 0.356 e. The molecule has 6 nitrogen and oxygen atoms in total. The highest BCUT2D eigenvalue weighted by Crippen LogP contribution is 2.29. The number of nitrogens with zero attached hydrogens (tertiary/aromatic N) is 4. The highest BCUT2D eigenvalue weighted by atomic mass is 127. The Hall–Kier alpha value is -1.85. The van der Waals surface area contributed by atoms with E-state index in [9.17, 15) is 13.2 Å². The van der Waals surface area contributed by atoms with E-state index in [4.69, 9.17) is 0 Å². The van der Waals surface area contributed by atoms with E-state index in [1.165, 1.54) is 31.4 Å². The molecular formula is C21H30F3IN6. The van der Waals surface area contributed by atoms with E-state index in [1.807, 2.05) is 0 Å². The molecule has 0 atom stereocenters. The summed E-state index contributed by atoms with van der Waals surface area (Å²) in [4.78, 5) is 4.20. The second-order valence-electron chi connectivity index (χ2n) is 7.47. The summed E-state index contributed by atoms with van der Waals surface area (Å²) in [5, 5.41) is 15.1. The van der Waals surface area contributed by atoms with Crippen LogP contribution in [0.4, 0.5) is 13.2 Å². The van der Waals surface area contributed by atoms with Crippen LogP contribution in [-0.2, 0) is 32.0 Å². The molecule has 0 spiro atoms. The summed E-state index contributed by atoms with van der Waals surface area (Å²) < 4.78 is 40.1. The van der Waals surface area contributed by atoms with Gasteiger partial charge in [0.05, 0.1) is 5.56 Å². The van der Waals surface area contributed by atoms with Crippen LogP contribution in [0.1, 0.15) is 48.5 Å². The highest BCUT2D eigenvalue weighted by Gasteiger charge is 2.29. The van der Waals surface area contributed by atoms with E-state index in [2.05, 4.69) is 30.4 Å². The van der Waals surface area contributed by atoms with E-state index in [0.29, 0.717) is 18.9 Å². The number of nitrogens with one attached hydrogen (secondary N) is 2. The van der Waals surface area contributed by atoms with Gasteiger partial charge in [-0.3, -0.25) is 4.99 Å². The summed E-state index contributed by atoms with van der Waals surface area (Å²) in [5.41, 5.74) is 0.222. The second-order valence-corrected chi connectivity index (χ2v) is 7.47. The lowest BCUT2D eigenvalue weighted by atomic mass is 10.1. The first-order valence-corrected chi connectivity index (χ1v) is 10.5. The molecule has 0 fully saturated rings. The molecule has 31 heavy (non-hydrogen) atoms. The summed E-state index contributed by atoms with van der Waals surface area (Å²) in [6.07, 6.45) is 2.73. The van der Waals surface area contributed by atoms with Gasteiger partial charge in [0.1, 0.15) is 11.6 Å². The van der Waals surface area contributed by atoms with Crippen LogP contribution < -0.4 is 10.6 Å². The molecule has 0 bridgehead atoms. The normalized spacial score (nSPS) is 14.4. The largest absolute Gasteiger partial charge is 0.416 e. The molecular weight excluding hydrogens is 520 g/mol. The maximum absolute atomic E-state index is 12.6. The van der Waals surface area contributed by atoms with Crippen molar-refractivity contribution < 1.29 is 13.2 Å². The summed E-state index contributed by atoms with van der Waals surface area (Å²) >= 11 is 0. The van der Waals surface area contributed by atoms with Crippen LogP contribution in [0.2, 0.25) is 0 Å². The molecule has 2 heterocycles. The summed E-state index contributed by atoms with van der Waals surface area (Å²) in [7, 11) is 1.70.